The molecule has 0 bridgehead atoms. The summed E-state index contributed by atoms with van der Waals surface area (Å²) in [7, 11) is 0. The number of benzene rings is 2. The van der Waals surface area contributed by atoms with Crippen molar-refractivity contribution >= 4 is 16.7 Å². The molecule has 0 amide bonds. The maximum Gasteiger partial charge on any atom is 0.158 e. The fourth-order valence-corrected chi connectivity index (χ4v) is 3.33. The molecule has 0 unspecified atom stereocenters. The molecule has 4 rings (SSSR count). The van der Waals surface area contributed by atoms with Crippen molar-refractivity contribution in [2.75, 3.05) is 37.6 Å². The van der Waals surface area contributed by atoms with E-state index in [-0.39, 0.29) is 5.82 Å². The summed E-state index contributed by atoms with van der Waals surface area (Å²) in [6.07, 6.45) is 1.09. The maximum atomic E-state index is 13.3. The summed E-state index contributed by atoms with van der Waals surface area (Å²) >= 11 is 0. The topological polar surface area (TPSA) is 35.2 Å². The third-order valence-corrected chi connectivity index (χ3v) is 4.74. The molecule has 0 saturated carbocycles. The Morgan fingerprint density at radius 1 is 1.00 bits per heavy atom. The molecule has 4 nitrogen and oxygen atoms in total. The molecule has 3 aromatic rings. The molecule has 2 aromatic carbocycles. The fourth-order valence-electron chi connectivity index (χ4n) is 3.33. The van der Waals surface area contributed by atoms with Gasteiger partial charge in [-0.15, -0.1) is 0 Å². The van der Waals surface area contributed by atoms with Gasteiger partial charge in [-0.25, -0.2) is 4.39 Å². The van der Waals surface area contributed by atoms with Crippen molar-refractivity contribution in [2.24, 2.45) is 0 Å². The van der Waals surface area contributed by atoms with Crippen LogP contribution >= 0.6 is 0 Å². The van der Waals surface area contributed by atoms with Gasteiger partial charge in [-0.3, -0.25) is 10.00 Å². The van der Waals surface area contributed by atoms with E-state index in [1.807, 2.05) is 6.07 Å². The normalized spacial score (nSPS) is 16.0. The highest BCUT2D eigenvalue weighted by atomic mass is 19.1. The van der Waals surface area contributed by atoms with Crippen LogP contribution in [0.3, 0.4) is 0 Å². The lowest BCUT2D eigenvalue weighted by atomic mass is 10.1. The lowest BCUT2D eigenvalue weighted by Gasteiger charge is -2.35. The average molecular weight is 324 g/mol. The van der Waals surface area contributed by atoms with E-state index in [0.717, 1.165) is 55.9 Å². The summed E-state index contributed by atoms with van der Waals surface area (Å²) in [6, 6.07) is 15.4. The molecular formula is C19H21FN4. The Morgan fingerprint density at radius 3 is 2.58 bits per heavy atom. The van der Waals surface area contributed by atoms with Crippen LogP contribution in [0, 0.1) is 5.82 Å². The van der Waals surface area contributed by atoms with Gasteiger partial charge in [0.05, 0.1) is 5.52 Å². The number of nitrogens with zero attached hydrogens (tertiary/aromatic N) is 3. The van der Waals surface area contributed by atoms with E-state index >= 15 is 0 Å². The standard InChI is InChI=1S/C19H21FN4/c20-16-6-7-17-18(14-16)21-22-19(17)24-12-10-23(11-13-24)9-8-15-4-2-1-3-5-15/h1-7,14H,8-13H2,(H,21,22). The van der Waals surface area contributed by atoms with Gasteiger partial charge in [0.15, 0.2) is 5.82 Å². The molecule has 1 aliphatic heterocycles. The number of rotatable bonds is 4. The van der Waals surface area contributed by atoms with Crippen LogP contribution in [-0.2, 0) is 6.42 Å². The van der Waals surface area contributed by atoms with E-state index in [2.05, 4.69) is 50.3 Å². The predicted molar refractivity (Wildman–Crippen MR) is 94.9 cm³/mol. The number of aromatic nitrogens is 2. The second-order valence-corrected chi connectivity index (χ2v) is 6.30. The number of halogens is 1. The van der Waals surface area contributed by atoms with Crippen molar-refractivity contribution in [2.45, 2.75) is 6.42 Å². The van der Waals surface area contributed by atoms with Gasteiger partial charge in [-0.2, -0.15) is 5.10 Å². The third-order valence-electron chi connectivity index (χ3n) is 4.74. The molecule has 1 N–H and O–H groups in total. The Kier molecular flexibility index (Phi) is 4.17. The van der Waals surface area contributed by atoms with Gasteiger partial charge in [0.2, 0.25) is 0 Å². The molecule has 5 heteroatoms. The van der Waals surface area contributed by atoms with Crippen molar-refractivity contribution in [1.82, 2.24) is 15.1 Å². The Hall–Kier alpha value is -2.40. The highest BCUT2D eigenvalue weighted by Crippen LogP contribution is 2.25. The summed E-state index contributed by atoms with van der Waals surface area (Å²) in [4.78, 5) is 4.79. The van der Waals surface area contributed by atoms with Gasteiger partial charge in [-0.1, -0.05) is 30.3 Å². The van der Waals surface area contributed by atoms with Gasteiger partial charge in [0.1, 0.15) is 5.82 Å². The molecule has 1 aromatic heterocycles. The van der Waals surface area contributed by atoms with Crippen LogP contribution in [0.4, 0.5) is 10.2 Å². The van der Waals surface area contributed by atoms with Crippen molar-refractivity contribution in [3.8, 4) is 0 Å². The highest BCUT2D eigenvalue weighted by molar-refractivity contribution is 5.90. The minimum absolute atomic E-state index is 0.233. The zero-order valence-electron chi connectivity index (χ0n) is 13.6. The van der Waals surface area contributed by atoms with Crippen LogP contribution in [0.25, 0.3) is 10.9 Å². The van der Waals surface area contributed by atoms with Crippen LogP contribution < -0.4 is 4.90 Å². The molecule has 1 fully saturated rings. The quantitative estimate of drug-likeness (QED) is 0.801. The molecule has 0 aliphatic carbocycles. The number of hydrogen-bond acceptors (Lipinski definition) is 3. The van der Waals surface area contributed by atoms with Crippen molar-refractivity contribution in [1.29, 1.82) is 0 Å². The van der Waals surface area contributed by atoms with Crippen LogP contribution in [-0.4, -0.2) is 47.8 Å². The number of piperazine rings is 1. The Bertz CT molecular complexity index is 807. The smallest absolute Gasteiger partial charge is 0.158 e. The summed E-state index contributed by atoms with van der Waals surface area (Å²) in [6.45, 7) is 5.05. The molecule has 124 valence electrons. The SMILES string of the molecule is Fc1ccc2c(N3CCN(CCc4ccccc4)CC3)n[nH]c2c1. The number of aromatic amines is 1. The second-order valence-electron chi connectivity index (χ2n) is 6.30. The molecule has 0 atom stereocenters. The van der Waals surface area contributed by atoms with Crippen LogP contribution in [0.1, 0.15) is 5.56 Å². The zero-order valence-corrected chi connectivity index (χ0v) is 13.6. The molecule has 24 heavy (non-hydrogen) atoms. The van der Waals surface area contributed by atoms with Gasteiger partial charge < -0.3 is 4.90 Å². The third kappa shape index (κ3) is 3.12. The number of hydrogen-bond donors (Lipinski definition) is 1. The monoisotopic (exact) mass is 324 g/mol. The van der Waals surface area contributed by atoms with Crippen molar-refractivity contribution < 1.29 is 4.39 Å². The van der Waals surface area contributed by atoms with E-state index in [9.17, 15) is 4.39 Å². The first-order valence-electron chi connectivity index (χ1n) is 8.44. The Labute approximate surface area is 140 Å². The second kappa shape index (κ2) is 6.61. The lowest BCUT2D eigenvalue weighted by Crippen LogP contribution is -2.47. The fraction of sp³-hybridized carbons (Fsp3) is 0.316. The minimum atomic E-state index is -0.233. The molecule has 1 aliphatic rings. The highest BCUT2D eigenvalue weighted by Gasteiger charge is 2.20. The zero-order chi connectivity index (χ0) is 16.4. The van der Waals surface area contributed by atoms with Crippen LogP contribution in [0.2, 0.25) is 0 Å². The maximum absolute atomic E-state index is 13.3. The van der Waals surface area contributed by atoms with Crippen molar-refractivity contribution in [3.05, 3.63) is 59.9 Å². The molecule has 2 heterocycles. The molecule has 0 radical (unpaired) electrons. The van der Waals surface area contributed by atoms with E-state index in [1.54, 1.807) is 0 Å². The van der Waals surface area contributed by atoms with Crippen molar-refractivity contribution in [3.63, 3.8) is 0 Å². The molecule has 0 spiro atoms. The lowest BCUT2D eigenvalue weighted by molar-refractivity contribution is 0.260. The van der Waals surface area contributed by atoms with Gasteiger partial charge in [-0.05, 0) is 30.2 Å². The number of fused-ring (bicyclic) bond motifs is 1. The molecule has 1 saturated heterocycles. The largest absolute Gasteiger partial charge is 0.352 e. The van der Waals surface area contributed by atoms with Gasteiger partial charge in [0.25, 0.3) is 0 Å². The molecular weight excluding hydrogens is 303 g/mol. The summed E-state index contributed by atoms with van der Waals surface area (Å²) in [5.74, 6) is 0.705. The van der Waals surface area contributed by atoms with Crippen LogP contribution in [0.5, 0.6) is 0 Å². The summed E-state index contributed by atoms with van der Waals surface area (Å²) in [5.41, 5.74) is 2.15. The van der Waals surface area contributed by atoms with E-state index in [4.69, 9.17) is 0 Å². The summed E-state index contributed by atoms with van der Waals surface area (Å²) in [5, 5.41) is 8.33. The van der Waals surface area contributed by atoms with Crippen LogP contribution in [0.15, 0.2) is 48.5 Å². The predicted octanol–water partition coefficient (Wildman–Crippen LogP) is 3.07. The van der Waals surface area contributed by atoms with E-state index < -0.39 is 0 Å². The van der Waals surface area contributed by atoms with Gasteiger partial charge in [0, 0.05) is 38.1 Å². The first kappa shape index (κ1) is 15.1. The average Bonchev–Trinajstić information content (AvgIpc) is 3.04. The number of nitrogens with one attached hydrogen (secondary N) is 1. The first-order valence-corrected chi connectivity index (χ1v) is 8.44. The summed E-state index contributed by atoms with van der Waals surface area (Å²) < 4.78 is 13.3. The number of anilines is 1. The van der Waals surface area contributed by atoms with Gasteiger partial charge >= 0.3 is 0 Å². The number of H-pyrrole nitrogens is 1. The minimum Gasteiger partial charge on any atom is -0.352 e. The first-order chi connectivity index (χ1) is 11.8. The van der Waals surface area contributed by atoms with E-state index in [1.165, 1.54) is 17.7 Å². The Balaban J connectivity index is 1.37. The van der Waals surface area contributed by atoms with E-state index in [0.29, 0.717) is 0 Å². The Morgan fingerprint density at radius 2 is 1.79 bits per heavy atom.